The Hall–Kier alpha value is -2.90. The number of aromatic nitrogens is 2. The number of amides is 2. The van der Waals surface area contributed by atoms with Crippen LogP contribution >= 0.6 is 0 Å². The summed E-state index contributed by atoms with van der Waals surface area (Å²) in [6.45, 7) is 2.38. The van der Waals surface area contributed by atoms with E-state index < -0.39 is 0 Å². The predicted octanol–water partition coefficient (Wildman–Crippen LogP) is 3.11. The highest BCUT2D eigenvalue weighted by molar-refractivity contribution is 5.91. The molecule has 2 atom stereocenters. The van der Waals surface area contributed by atoms with Crippen LogP contribution in [0.25, 0.3) is 0 Å². The van der Waals surface area contributed by atoms with Crippen molar-refractivity contribution in [2.24, 2.45) is 0 Å². The summed E-state index contributed by atoms with van der Waals surface area (Å²) in [6, 6.07) is 7.63. The van der Waals surface area contributed by atoms with Gasteiger partial charge in [0.15, 0.2) is 5.82 Å². The molecule has 3 rings (SSSR count). The summed E-state index contributed by atoms with van der Waals surface area (Å²) < 4.78 is 18.3. The maximum atomic E-state index is 12.9. The largest absolute Gasteiger partial charge is 0.446 e. The smallest absolute Gasteiger partial charge is 0.407 e. The van der Waals surface area contributed by atoms with E-state index >= 15 is 0 Å². The molecule has 27 heavy (non-hydrogen) atoms. The summed E-state index contributed by atoms with van der Waals surface area (Å²) in [7, 11) is 0. The van der Waals surface area contributed by atoms with Crippen LogP contribution in [0.2, 0.25) is 0 Å². The van der Waals surface area contributed by atoms with Crippen molar-refractivity contribution in [3.63, 3.8) is 0 Å². The van der Waals surface area contributed by atoms with Crippen LogP contribution in [-0.2, 0) is 16.0 Å². The number of hydrogen-bond acceptors (Lipinski definition) is 4. The molecule has 1 aliphatic rings. The number of aromatic amines is 1. The molecule has 0 aliphatic heterocycles. The van der Waals surface area contributed by atoms with E-state index in [-0.39, 0.29) is 36.3 Å². The van der Waals surface area contributed by atoms with Crippen molar-refractivity contribution in [1.29, 1.82) is 0 Å². The molecule has 1 heterocycles. The second-order valence-corrected chi connectivity index (χ2v) is 6.63. The summed E-state index contributed by atoms with van der Waals surface area (Å²) in [6.07, 6.45) is 2.06. The molecular weight excluding hydrogens is 351 g/mol. The lowest BCUT2D eigenvalue weighted by Crippen LogP contribution is -2.27. The first-order valence-corrected chi connectivity index (χ1v) is 9.07. The first kappa shape index (κ1) is 18.9. The van der Waals surface area contributed by atoms with Gasteiger partial charge in [-0.2, -0.15) is 5.10 Å². The second kappa shape index (κ2) is 8.66. The Balaban J connectivity index is 1.50. The molecule has 1 aliphatic carbocycles. The molecule has 1 aromatic carbocycles. The Kier molecular flexibility index (Phi) is 6.05. The minimum absolute atomic E-state index is 0.110. The normalized spacial score (nSPS) is 18.9. The molecule has 144 valence electrons. The Morgan fingerprint density at radius 2 is 2.07 bits per heavy atom. The molecule has 3 N–H and O–H groups in total. The SMILES string of the molecule is CCNC(=O)O[C@@H]1CC[C@H](c2cc(NC(=O)Cc3ccc(F)cc3)n[nH]2)C1. The number of nitrogens with zero attached hydrogens (tertiary/aromatic N) is 1. The lowest BCUT2D eigenvalue weighted by molar-refractivity contribution is -0.115. The van der Waals surface area contributed by atoms with Crippen LogP contribution in [0.5, 0.6) is 0 Å². The van der Waals surface area contributed by atoms with E-state index in [0.717, 1.165) is 30.5 Å². The Labute approximate surface area is 156 Å². The lowest BCUT2D eigenvalue weighted by atomic mass is 10.0. The monoisotopic (exact) mass is 374 g/mol. The van der Waals surface area contributed by atoms with Gasteiger partial charge in [-0.25, -0.2) is 9.18 Å². The highest BCUT2D eigenvalue weighted by atomic mass is 19.1. The quantitative estimate of drug-likeness (QED) is 0.724. The molecule has 7 nitrogen and oxygen atoms in total. The first-order valence-electron chi connectivity index (χ1n) is 9.07. The van der Waals surface area contributed by atoms with Gasteiger partial charge in [-0.15, -0.1) is 0 Å². The Morgan fingerprint density at radius 3 is 2.81 bits per heavy atom. The van der Waals surface area contributed by atoms with Crippen molar-refractivity contribution in [3.8, 4) is 0 Å². The van der Waals surface area contributed by atoms with Crippen LogP contribution in [-0.4, -0.2) is 34.8 Å². The van der Waals surface area contributed by atoms with Crippen LogP contribution in [0, 0.1) is 5.82 Å². The zero-order valence-electron chi connectivity index (χ0n) is 15.1. The van der Waals surface area contributed by atoms with Crippen molar-refractivity contribution in [2.75, 3.05) is 11.9 Å². The number of ether oxygens (including phenoxy) is 1. The molecule has 0 spiro atoms. The van der Waals surface area contributed by atoms with Crippen LogP contribution < -0.4 is 10.6 Å². The number of H-pyrrole nitrogens is 1. The fraction of sp³-hybridized carbons (Fsp3) is 0.421. The Bertz CT molecular complexity index is 791. The van der Waals surface area contributed by atoms with Crippen LogP contribution in [0.3, 0.4) is 0 Å². The number of halogens is 1. The number of hydrogen-bond donors (Lipinski definition) is 3. The minimum Gasteiger partial charge on any atom is -0.446 e. The summed E-state index contributed by atoms with van der Waals surface area (Å²) in [5.74, 6) is 0.107. The van der Waals surface area contributed by atoms with E-state index in [4.69, 9.17) is 4.74 Å². The van der Waals surface area contributed by atoms with Gasteiger partial charge in [0, 0.05) is 24.2 Å². The standard InChI is InChI=1S/C19H23FN4O3/c1-2-21-19(26)27-15-8-5-13(10-15)16-11-17(24-23-16)22-18(25)9-12-3-6-14(20)7-4-12/h3-4,6-7,11,13,15H,2,5,8-10H2,1H3,(H,21,26)(H2,22,23,24,25)/t13-,15+/m0/s1. The Morgan fingerprint density at radius 1 is 1.30 bits per heavy atom. The van der Waals surface area contributed by atoms with Gasteiger partial charge in [0.25, 0.3) is 0 Å². The number of alkyl carbamates (subject to hydrolysis) is 1. The average Bonchev–Trinajstić information content (AvgIpc) is 3.26. The third-order valence-corrected chi connectivity index (χ3v) is 4.56. The molecule has 1 aromatic heterocycles. The maximum Gasteiger partial charge on any atom is 0.407 e. The topological polar surface area (TPSA) is 96.1 Å². The fourth-order valence-electron chi connectivity index (χ4n) is 3.25. The van der Waals surface area contributed by atoms with E-state index in [1.54, 1.807) is 12.1 Å². The van der Waals surface area contributed by atoms with Gasteiger partial charge in [-0.05, 0) is 43.9 Å². The van der Waals surface area contributed by atoms with Crippen molar-refractivity contribution in [1.82, 2.24) is 15.5 Å². The van der Waals surface area contributed by atoms with Gasteiger partial charge in [-0.3, -0.25) is 9.89 Å². The number of anilines is 1. The van der Waals surface area contributed by atoms with Gasteiger partial charge in [0.1, 0.15) is 11.9 Å². The molecular formula is C19H23FN4O3. The maximum absolute atomic E-state index is 12.9. The third kappa shape index (κ3) is 5.29. The van der Waals surface area contributed by atoms with E-state index in [1.807, 2.05) is 13.0 Å². The van der Waals surface area contributed by atoms with Crippen LogP contribution in [0.1, 0.15) is 43.4 Å². The van der Waals surface area contributed by atoms with E-state index in [0.29, 0.717) is 12.4 Å². The van der Waals surface area contributed by atoms with Gasteiger partial charge < -0.3 is 15.4 Å². The molecule has 1 fully saturated rings. The van der Waals surface area contributed by atoms with Crippen molar-refractivity contribution in [3.05, 3.63) is 47.4 Å². The molecule has 1 saturated carbocycles. The van der Waals surface area contributed by atoms with Crippen molar-refractivity contribution < 1.29 is 18.7 Å². The van der Waals surface area contributed by atoms with Crippen molar-refractivity contribution >= 4 is 17.8 Å². The highest BCUT2D eigenvalue weighted by Crippen LogP contribution is 2.35. The van der Waals surface area contributed by atoms with E-state index in [9.17, 15) is 14.0 Å². The second-order valence-electron chi connectivity index (χ2n) is 6.63. The predicted molar refractivity (Wildman–Crippen MR) is 97.9 cm³/mol. The third-order valence-electron chi connectivity index (χ3n) is 4.56. The van der Waals surface area contributed by atoms with Crippen molar-refractivity contribution in [2.45, 2.75) is 44.6 Å². The number of carbonyl (C=O) groups excluding carboxylic acids is 2. The molecule has 0 unspecified atom stereocenters. The number of rotatable bonds is 6. The van der Waals surface area contributed by atoms with Gasteiger partial charge in [0.05, 0.1) is 6.42 Å². The van der Waals surface area contributed by atoms with Gasteiger partial charge in [-0.1, -0.05) is 12.1 Å². The molecule has 0 bridgehead atoms. The van der Waals surface area contributed by atoms with E-state index in [2.05, 4.69) is 20.8 Å². The number of nitrogens with one attached hydrogen (secondary N) is 3. The molecule has 0 saturated heterocycles. The molecule has 2 amide bonds. The summed E-state index contributed by atoms with van der Waals surface area (Å²) in [5.41, 5.74) is 1.64. The van der Waals surface area contributed by atoms with Crippen LogP contribution in [0.4, 0.5) is 15.0 Å². The zero-order chi connectivity index (χ0) is 19.2. The molecule has 0 radical (unpaired) electrons. The minimum atomic E-state index is -0.387. The average molecular weight is 374 g/mol. The molecule has 8 heteroatoms. The van der Waals surface area contributed by atoms with E-state index in [1.165, 1.54) is 12.1 Å². The summed E-state index contributed by atoms with van der Waals surface area (Å²) in [4.78, 5) is 23.6. The summed E-state index contributed by atoms with van der Waals surface area (Å²) in [5, 5.41) is 12.5. The number of benzene rings is 1. The number of carbonyl (C=O) groups is 2. The molecule has 2 aromatic rings. The first-order chi connectivity index (χ1) is 13.0. The zero-order valence-corrected chi connectivity index (χ0v) is 15.1. The summed E-state index contributed by atoms with van der Waals surface area (Å²) >= 11 is 0. The lowest BCUT2D eigenvalue weighted by Gasteiger charge is -2.12. The van der Waals surface area contributed by atoms with Gasteiger partial charge in [0.2, 0.25) is 5.91 Å². The highest BCUT2D eigenvalue weighted by Gasteiger charge is 2.29. The van der Waals surface area contributed by atoms with Gasteiger partial charge >= 0.3 is 6.09 Å². The fourth-order valence-corrected chi connectivity index (χ4v) is 3.25. The van der Waals surface area contributed by atoms with Crippen LogP contribution in [0.15, 0.2) is 30.3 Å².